The lowest BCUT2D eigenvalue weighted by Crippen LogP contribution is -2.19. The van der Waals surface area contributed by atoms with E-state index < -0.39 is 0 Å². The van der Waals surface area contributed by atoms with Crippen molar-refractivity contribution in [1.82, 2.24) is 15.0 Å². The second-order valence-corrected chi connectivity index (χ2v) is 5.30. The van der Waals surface area contributed by atoms with Gasteiger partial charge in [-0.1, -0.05) is 18.2 Å². The maximum absolute atomic E-state index is 11.8. The van der Waals surface area contributed by atoms with Crippen LogP contribution in [0.2, 0.25) is 0 Å². The van der Waals surface area contributed by atoms with E-state index in [1.807, 2.05) is 25.1 Å². The summed E-state index contributed by atoms with van der Waals surface area (Å²) in [6, 6.07) is 7.56. The average molecular weight is 315 g/mol. The number of anilines is 2. The van der Waals surface area contributed by atoms with E-state index in [1.54, 1.807) is 13.0 Å². The minimum Gasteiger partial charge on any atom is -0.465 e. The van der Waals surface area contributed by atoms with Crippen molar-refractivity contribution in [3.8, 4) is 0 Å². The molecule has 3 N–H and O–H groups in total. The van der Waals surface area contributed by atoms with Gasteiger partial charge in [-0.2, -0.15) is 15.0 Å². The molecule has 1 atom stereocenters. The first-order valence-corrected chi connectivity index (χ1v) is 7.40. The molecule has 2 aromatic rings. The first-order valence-electron chi connectivity index (χ1n) is 7.40. The Hall–Kier alpha value is -2.70. The van der Waals surface area contributed by atoms with Crippen molar-refractivity contribution in [2.24, 2.45) is 0 Å². The molecule has 0 spiro atoms. The third kappa shape index (κ3) is 4.64. The molecular weight excluding hydrogens is 294 g/mol. The predicted molar refractivity (Wildman–Crippen MR) is 88.2 cm³/mol. The summed E-state index contributed by atoms with van der Waals surface area (Å²) in [7, 11) is 1.39. The molecule has 0 aliphatic rings. The Morgan fingerprint density at radius 3 is 2.74 bits per heavy atom. The fraction of sp³-hybridized carbons (Fsp3) is 0.375. The lowest BCUT2D eigenvalue weighted by molar-refractivity contribution is 0.0599. The third-order valence-corrected chi connectivity index (χ3v) is 3.41. The molecule has 2 rings (SSSR count). The topological polar surface area (TPSA) is 103 Å². The van der Waals surface area contributed by atoms with Gasteiger partial charge in [0, 0.05) is 6.04 Å². The Bertz CT molecular complexity index is 670. The van der Waals surface area contributed by atoms with Gasteiger partial charge in [0.2, 0.25) is 11.9 Å². The number of aromatic nitrogens is 3. The maximum Gasteiger partial charge on any atom is 0.338 e. The van der Waals surface area contributed by atoms with E-state index in [1.165, 1.54) is 7.11 Å². The summed E-state index contributed by atoms with van der Waals surface area (Å²) in [5.74, 6) is 0.914. The first-order chi connectivity index (χ1) is 11.0. The van der Waals surface area contributed by atoms with E-state index in [4.69, 9.17) is 10.5 Å². The number of nitrogens with two attached hydrogens (primary N) is 1. The fourth-order valence-electron chi connectivity index (χ4n) is 2.28. The molecule has 1 aromatic carbocycles. The molecule has 1 heterocycles. The second-order valence-electron chi connectivity index (χ2n) is 5.30. The van der Waals surface area contributed by atoms with Crippen LogP contribution in [-0.2, 0) is 11.2 Å². The summed E-state index contributed by atoms with van der Waals surface area (Å²) in [6.45, 7) is 3.79. The van der Waals surface area contributed by atoms with Gasteiger partial charge in [0.05, 0.1) is 12.7 Å². The van der Waals surface area contributed by atoms with Crippen molar-refractivity contribution in [1.29, 1.82) is 0 Å². The van der Waals surface area contributed by atoms with Crippen LogP contribution in [0.4, 0.5) is 11.9 Å². The summed E-state index contributed by atoms with van der Waals surface area (Å²) in [5.41, 5.74) is 7.17. The number of nitrogens with one attached hydrogen (secondary N) is 1. The summed E-state index contributed by atoms with van der Waals surface area (Å²) < 4.78 is 4.81. The number of benzene rings is 1. The standard InChI is InChI=1S/C16H21N5O2/c1-10(18-16-20-11(2)19-15(17)21-16)8-9-12-6-4-5-7-13(12)14(22)23-3/h4-7,10H,8-9H2,1-3H3,(H3,17,18,19,20,21). The number of nitrogens with zero attached hydrogens (tertiary/aromatic N) is 3. The van der Waals surface area contributed by atoms with Gasteiger partial charge >= 0.3 is 5.97 Å². The van der Waals surface area contributed by atoms with E-state index in [0.717, 1.165) is 18.4 Å². The number of esters is 1. The quantitative estimate of drug-likeness (QED) is 0.786. The monoisotopic (exact) mass is 315 g/mol. The van der Waals surface area contributed by atoms with Gasteiger partial charge in [-0.3, -0.25) is 0 Å². The van der Waals surface area contributed by atoms with Gasteiger partial charge in [-0.15, -0.1) is 0 Å². The Morgan fingerprint density at radius 1 is 1.30 bits per heavy atom. The van der Waals surface area contributed by atoms with Crippen molar-refractivity contribution in [2.75, 3.05) is 18.2 Å². The number of rotatable bonds is 6. The second kappa shape index (κ2) is 7.53. The Balaban J connectivity index is 1.99. The molecule has 0 amide bonds. The number of carbonyl (C=O) groups is 1. The zero-order chi connectivity index (χ0) is 16.8. The fourth-order valence-corrected chi connectivity index (χ4v) is 2.28. The minimum atomic E-state index is -0.318. The minimum absolute atomic E-state index is 0.113. The lowest BCUT2D eigenvalue weighted by Gasteiger charge is -2.15. The van der Waals surface area contributed by atoms with Crippen LogP contribution in [-0.4, -0.2) is 34.1 Å². The molecule has 7 heteroatoms. The molecule has 0 saturated heterocycles. The van der Waals surface area contributed by atoms with E-state index in [9.17, 15) is 4.79 Å². The molecule has 0 aliphatic heterocycles. The van der Waals surface area contributed by atoms with Crippen LogP contribution in [0.3, 0.4) is 0 Å². The highest BCUT2D eigenvalue weighted by Crippen LogP contribution is 2.14. The van der Waals surface area contributed by atoms with Gasteiger partial charge in [-0.25, -0.2) is 4.79 Å². The van der Waals surface area contributed by atoms with Gasteiger partial charge in [-0.05, 0) is 38.3 Å². The van der Waals surface area contributed by atoms with Crippen LogP contribution >= 0.6 is 0 Å². The van der Waals surface area contributed by atoms with Gasteiger partial charge in [0.25, 0.3) is 0 Å². The van der Waals surface area contributed by atoms with Crippen molar-refractivity contribution in [3.63, 3.8) is 0 Å². The van der Waals surface area contributed by atoms with Crippen molar-refractivity contribution >= 4 is 17.9 Å². The van der Waals surface area contributed by atoms with Crippen LogP contribution in [0.5, 0.6) is 0 Å². The van der Waals surface area contributed by atoms with Gasteiger partial charge < -0.3 is 15.8 Å². The zero-order valence-electron chi connectivity index (χ0n) is 13.5. The van der Waals surface area contributed by atoms with Crippen LogP contribution < -0.4 is 11.1 Å². The predicted octanol–water partition coefficient (Wildman–Crippen LogP) is 1.98. The molecule has 0 fully saturated rings. The van der Waals surface area contributed by atoms with Crippen LogP contribution in [0, 0.1) is 6.92 Å². The van der Waals surface area contributed by atoms with Crippen molar-refractivity contribution < 1.29 is 9.53 Å². The molecule has 7 nitrogen and oxygen atoms in total. The van der Waals surface area contributed by atoms with Crippen LogP contribution in [0.15, 0.2) is 24.3 Å². The van der Waals surface area contributed by atoms with Gasteiger partial charge in [0.1, 0.15) is 5.82 Å². The molecule has 0 saturated carbocycles. The number of nitrogen functional groups attached to an aromatic ring is 1. The molecule has 1 aromatic heterocycles. The number of aryl methyl sites for hydroxylation is 2. The molecule has 122 valence electrons. The number of ether oxygens (including phenoxy) is 1. The molecule has 23 heavy (non-hydrogen) atoms. The summed E-state index contributed by atoms with van der Waals surface area (Å²) in [5, 5.41) is 3.20. The van der Waals surface area contributed by atoms with Gasteiger partial charge in [0.15, 0.2) is 0 Å². The van der Waals surface area contributed by atoms with E-state index in [2.05, 4.69) is 20.3 Å². The Kier molecular flexibility index (Phi) is 5.46. The van der Waals surface area contributed by atoms with Crippen LogP contribution in [0.25, 0.3) is 0 Å². The van der Waals surface area contributed by atoms with E-state index in [0.29, 0.717) is 17.3 Å². The largest absolute Gasteiger partial charge is 0.465 e. The number of hydrogen-bond acceptors (Lipinski definition) is 7. The van der Waals surface area contributed by atoms with Crippen molar-refractivity contribution in [2.45, 2.75) is 32.7 Å². The normalized spacial score (nSPS) is 11.8. The summed E-state index contributed by atoms with van der Waals surface area (Å²) in [6.07, 6.45) is 1.54. The Morgan fingerprint density at radius 2 is 2.04 bits per heavy atom. The first kappa shape index (κ1) is 16.7. The molecule has 0 bridgehead atoms. The number of carbonyl (C=O) groups excluding carboxylic acids is 1. The van der Waals surface area contributed by atoms with Crippen molar-refractivity contribution in [3.05, 3.63) is 41.2 Å². The lowest BCUT2D eigenvalue weighted by atomic mass is 10.0. The van der Waals surface area contributed by atoms with E-state index in [-0.39, 0.29) is 18.0 Å². The smallest absolute Gasteiger partial charge is 0.338 e. The average Bonchev–Trinajstić information content (AvgIpc) is 2.51. The summed E-state index contributed by atoms with van der Waals surface area (Å²) >= 11 is 0. The highest BCUT2D eigenvalue weighted by molar-refractivity contribution is 5.90. The molecular formula is C16H21N5O2. The molecule has 1 unspecified atom stereocenters. The maximum atomic E-state index is 11.8. The Labute approximate surface area is 135 Å². The highest BCUT2D eigenvalue weighted by Gasteiger charge is 2.12. The number of methoxy groups -OCH3 is 1. The SMILES string of the molecule is COC(=O)c1ccccc1CCC(C)Nc1nc(C)nc(N)n1. The highest BCUT2D eigenvalue weighted by atomic mass is 16.5. The van der Waals surface area contributed by atoms with E-state index >= 15 is 0 Å². The zero-order valence-corrected chi connectivity index (χ0v) is 13.5. The van der Waals surface area contributed by atoms with Crippen LogP contribution in [0.1, 0.15) is 35.1 Å². The molecule has 0 aliphatic carbocycles. The number of hydrogen-bond donors (Lipinski definition) is 2. The summed E-state index contributed by atoms with van der Waals surface area (Å²) in [4.78, 5) is 24.0. The molecule has 0 radical (unpaired) electrons. The third-order valence-electron chi connectivity index (χ3n) is 3.41.